The van der Waals surface area contributed by atoms with Crippen molar-refractivity contribution in [2.24, 2.45) is 0 Å². The summed E-state index contributed by atoms with van der Waals surface area (Å²) < 4.78 is 4.73. The summed E-state index contributed by atoms with van der Waals surface area (Å²) >= 11 is 3.45. The molecule has 100 valence electrons. The third-order valence-electron chi connectivity index (χ3n) is 3.02. The number of anilines is 2. The number of thiophene rings is 1. The van der Waals surface area contributed by atoms with E-state index in [0.717, 1.165) is 23.8 Å². The number of esters is 1. The van der Waals surface area contributed by atoms with Gasteiger partial charge in [-0.1, -0.05) is 6.92 Å². The molecule has 2 rings (SSSR count). The van der Waals surface area contributed by atoms with E-state index in [1.807, 2.05) is 17.8 Å². The number of nitrogens with two attached hydrogens (primary N) is 1. The molecule has 0 spiro atoms. The highest BCUT2D eigenvalue weighted by Crippen LogP contribution is 2.35. The molecule has 0 aromatic carbocycles. The Labute approximate surface area is 115 Å². The number of rotatable bonds is 3. The molecule has 0 saturated carbocycles. The molecular weight excluding hydrogens is 268 g/mol. The first kappa shape index (κ1) is 13.5. The summed E-state index contributed by atoms with van der Waals surface area (Å²) in [5.74, 6) is 0.784. The third-order valence-corrected chi connectivity index (χ3v) is 5.59. The van der Waals surface area contributed by atoms with E-state index in [4.69, 9.17) is 10.5 Å². The lowest BCUT2D eigenvalue weighted by Gasteiger charge is -2.32. The van der Waals surface area contributed by atoms with E-state index in [0.29, 0.717) is 15.8 Å². The normalized spacial score (nSPS) is 19.9. The van der Waals surface area contributed by atoms with Crippen molar-refractivity contribution in [3.05, 3.63) is 10.9 Å². The van der Waals surface area contributed by atoms with Crippen LogP contribution in [0.5, 0.6) is 0 Å². The quantitative estimate of drug-likeness (QED) is 0.865. The summed E-state index contributed by atoms with van der Waals surface area (Å²) in [6.07, 6.45) is 1.17. The number of thioether (sulfide) groups is 1. The van der Waals surface area contributed by atoms with Crippen molar-refractivity contribution in [3.63, 3.8) is 0 Å². The van der Waals surface area contributed by atoms with Crippen LogP contribution in [0.2, 0.25) is 0 Å². The molecule has 1 aromatic heterocycles. The van der Waals surface area contributed by atoms with Gasteiger partial charge in [-0.3, -0.25) is 0 Å². The Kier molecular flexibility index (Phi) is 4.40. The van der Waals surface area contributed by atoms with E-state index in [2.05, 4.69) is 11.8 Å². The van der Waals surface area contributed by atoms with Crippen molar-refractivity contribution in [2.75, 3.05) is 36.6 Å². The van der Waals surface area contributed by atoms with E-state index in [1.54, 1.807) is 0 Å². The van der Waals surface area contributed by atoms with Gasteiger partial charge in [0.05, 0.1) is 17.8 Å². The maximum absolute atomic E-state index is 11.5. The van der Waals surface area contributed by atoms with Crippen LogP contribution >= 0.6 is 23.1 Å². The molecule has 2 N–H and O–H groups in total. The van der Waals surface area contributed by atoms with Crippen molar-refractivity contribution < 1.29 is 9.53 Å². The average molecular weight is 286 g/mol. The Morgan fingerprint density at radius 3 is 3.11 bits per heavy atom. The molecule has 1 saturated heterocycles. The second-order valence-electron chi connectivity index (χ2n) is 4.21. The lowest BCUT2D eigenvalue weighted by molar-refractivity contribution is 0.0607. The Morgan fingerprint density at radius 1 is 1.67 bits per heavy atom. The highest BCUT2D eigenvalue weighted by Gasteiger charge is 2.23. The molecule has 1 aliphatic heterocycles. The summed E-state index contributed by atoms with van der Waals surface area (Å²) in [5.41, 5.74) is 6.39. The number of carbonyl (C=O) groups excluding carboxylic acids is 1. The van der Waals surface area contributed by atoms with Gasteiger partial charge in [0, 0.05) is 24.1 Å². The minimum Gasteiger partial charge on any atom is -0.465 e. The van der Waals surface area contributed by atoms with E-state index >= 15 is 0 Å². The fraction of sp³-hybridized carbons (Fsp3) is 0.583. The van der Waals surface area contributed by atoms with Gasteiger partial charge in [0.15, 0.2) is 0 Å². The topological polar surface area (TPSA) is 55.6 Å². The number of hydrogen-bond acceptors (Lipinski definition) is 6. The highest BCUT2D eigenvalue weighted by molar-refractivity contribution is 8.00. The van der Waals surface area contributed by atoms with Crippen LogP contribution in [-0.2, 0) is 4.74 Å². The zero-order valence-corrected chi connectivity index (χ0v) is 12.3. The van der Waals surface area contributed by atoms with Crippen molar-refractivity contribution >= 4 is 39.8 Å². The lowest BCUT2D eigenvalue weighted by atomic mass is 10.3. The first-order valence-corrected chi connectivity index (χ1v) is 7.86. The molecule has 1 unspecified atom stereocenters. The van der Waals surface area contributed by atoms with E-state index in [1.165, 1.54) is 24.9 Å². The Morgan fingerprint density at radius 2 is 2.44 bits per heavy atom. The van der Waals surface area contributed by atoms with Crippen LogP contribution in [0.3, 0.4) is 0 Å². The molecule has 6 heteroatoms. The van der Waals surface area contributed by atoms with Gasteiger partial charge >= 0.3 is 5.97 Å². The minimum atomic E-state index is -0.345. The molecule has 1 aromatic rings. The Hall–Kier alpha value is -0.880. The second kappa shape index (κ2) is 5.84. The Bertz CT molecular complexity index is 434. The largest absolute Gasteiger partial charge is 0.465 e. The zero-order chi connectivity index (χ0) is 13.1. The molecule has 18 heavy (non-hydrogen) atoms. The van der Waals surface area contributed by atoms with Gasteiger partial charge in [0.2, 0.25) is 0 Å². The summed E-state index contributed by atoms with van der Waals surface area (Å²) in [5, 5.41) is 1.75. The standard InChI is InChI=1S/C12H18N2O2S2/c1-3-8-7-14(4-5-17-8)10-6-9(13)11(18-10)12(15)16-2/h6,8H,3-5,7,13H2,1-2H3. The van der Waals surface area contributed by atoms with E-state index < -0.39 is 0 Å². The molecular formula is C12H18N2O2S2. The van der Waals surface area contributed by atoms with Crippen molar-refractivity contribution in [1.29, 1.82) is 0 Å². The minimum absolute atomic E-state index is 0.345. The van der Waals surface area contributed by atoms with Crippen LogP contribution < -0.4 is 10.6 Å². The van der Waals surface area contributed by atoms with Gasteiger partial charge in [0.1, 0.15) is 4.88 Å². The predicted molar refractivity (Wildman–Crippen MR) is 78.8 cm³/mol. The first-order chi connectivity index (χ1) is 8.65. The molecule has 1 atom stereocenters. The van der Waals surface area contributed by atoms with Crippen LogP contribution in [0.1, 0.15) is 23.0 Å². The van der Waals surface area contributed by atoms with Gasteiger partial charge in [-0.25, -0.2) is 4.79 Å². The van der Waals surface area contributed by atoms with Gasteiger partial charge < -0.3 is 15.4 Å². The first-order valence-electron chi connectivity index (χ1n) is 5.99. The summed E-state index contributed by atoms with van der Waals surface area (Å²) in [4.78, 5) is 14.4. The maximum atomic E-state index is 11.5. The van der Waals surface area contributed by atoms with Gasteiger partial charge in [0.25, 0.3) is 0 Å². The number of nitrogens with zero attached hydrogens (tertiary/aromatic N) is 1. The van der Waals surface area contributed by atoms with Gasteiger partial charge in [-0.2, -0.15) is 11.8 Å². The number of methoxy groups -OCH3 is 1. The monoisotopic (exact) mass is 286 g/mol. The van der Waals surface area contributed by atoms with Gasteiger partial charge in [-0.15, -0.1) is 11.3 Å². The lowest BCUT2D eigenvalue weighted by Crippen LogP contribution is -2.37. The molecule has 2 heterocycles. The molecule has 0 aliphatic carbocycles. The van der Waals surface area contributed by atoms with Crippen LogP contribution in [0.4, 0.5) is 10.7 Å². The SMILES string of the molecule is CCC1CN(c2cc(N)c(C(=O)OC)s2)CCS1. The second-order valence-corrected chi connectivity index (χ2v) is 6.65. The molecule has 1 aliphatic rings. The summed E-state index contributed by atoms with van der Waals surface area (Å²) in [6.45, 7) is 4.26. The maximum Gasteiger partial charge on any atom is 0.350 e. The highest BCUT2D eigenvalue weighted by atomic mass is 32.2. The summed E-state index contributed by atoms with van der Waals surface area (Å²) in [6, 6.07) is 1.89. The molecule has 0 radical (unpaired) electrons. The third kappa shape index (κ3) is 2.75. The number of hydrogen-bond donors (Lipinski definition) is 1. The number of carbonyl (C=O) groups is 1. The molecule has 0 bridgehead atoms. The fourth-order valence-electron chi connectivity index (χ4n) is 1.97. The van der Waals surface area contributed by atoms with Crippen molar-refractivity contribution in [1.82, 2.24) is 0 Å². The van der Waals surface area contributed by atoms with Crippen molar-refractivity contribution in [2.45, 2.75) is 18.6 Å². The van der Waals surface area contributed by atoms with Crippen LogP contribution in [0.25, 0.3) is 0 Å². The number of nitrogen functional groups attached to an aromatic ring is 1. The van der Waals surface area contributed by atoms with Crippen LogP contribution in [0.15, 0.2) is 6.07 Å². The van der Waals surface area contributed by atoms with E-state index in [-0.39, 0.29) is 5.97 Å². The summed E-state index contributed by atoms with van der Waals surface area (Å²) in [7, 11) is 1.38. The predicted octanol–water partition coefficient (Wildman–Crippen LogP) is 2.45. The van der Waals surface area contributed by atoms with Crippen LogP contribution in [0, 0.1) is 0 Å². The molecule has 4 nitrogen and oxygen atoms in total. The average Bonchev–Trinajstić information content (AvgIpc) is 2.80. The zero-order valence-electron chi connectivity index (χ0n) is 10.6. The fourth-order valence-corrected chi connectivity index (χ4v) is 4.18. The molecule has 1 fully saturated rings. The smallest absolute Gasteiger partial charge is 0.350 e. The number of ether oxygens (including phenoxy) is 1. The van der Waals surface area contributed by atoms with E-state index in [9.17, 15) is 4.79 Å². The van der Waals surface area contributed by atoms with Crippen molar-refractivity contribution in [3.8, 4) is 0 Å². The Balaban J connectivity index is 2.16. The van der Waals surface area contributed by atoms with Crippen LogP contribution in [-0.4, -0.2) is 37.2 Å². The van der Waals surface area contributed by atoms with Gasteiger partial charge in [-0.05, 0) is 12.5 Å². The molecule has 0 amide bonds.